The van der Waals surface area contributed by atoms with Crippen LogP contribution in [0.3, 0.4) is 0 Å². The van der Waals surface area contributed by atoms with Gasteiger partial charge in [-0.3, -0.25) is 14.7 Å². The average molecular weight is 731 g/mol. The zero-order chi connectivity index (χ0) is 38.3. The fourth-order valence-corrected chi connectivity index (χ4v) is 9.52. The van der Waals surface area contributed by atoms with Crippen LogP contribution in [0.25, 0.3) is 0 Å². The summed E-state index contributed by atoms with van der Waals surface area (Å²) in [6, 6.07) is -0.592. The number of aliphatic imine (C=N–C) groups is 1. The lowest BCUT2D eigenvalue weighted by molar-refractivity contribution is -0.300. The van der Waals surface area contributed by atoms with Crippen LogP contribution >= 0.6 is 0 Å². The first-order valence-electron chi connectivity index (χ1n) is 19.3. The van der Waals surface area contributed by atoms with Crippen LogP contribution < -0.4 is 0 Å². The smallest absolute Gasteiger partial charge is 0.410 e. The van der Waals surface area contributed by atoms with Crippen LogP contribution in [0.4, 0.5) is 4.79 Å². The van der Waals surface area contributed by atoms with Gasteiger partial charge in [-0.15, -0.1) is 5.10 Å². The molecular formula is C37H63BN6O8. The lowest BCUT2D eigenvalue weighted by Gasteiger charge is -2.49. The van der Waals surface area contributed by atoms with E-state index in [2.05, 4.69) is 36.0 Å². The summed E-state index contributed by atoms with van der Waals surface area (Å²) in [5, 5.41) is 20.2. The lowest BCUT2D eigenvalue weighted by atomic mass is 9.71. The topological polar surface area (TPSA) is 150 Å². The second-order valence-electron chi connectivity index (χ2n) is 16.5. The minimum absolute atomic E-state index is 0.0625. The molecule has 3 fully saturated rings. The maximum absolute atomic E-state index is 14.0. The number of rotatable bonds is 8. The first-order valence-corrected chi connectivity index (χ1v) is 19.3. The molecule has 0 aliphatic carbocycles. The van der Waals surface area contributed by atoms with Gasteiger partial charge in [0.2, 0.25) is 0 Å². The van der Waals surface area contributed by atoms with Crippen molar-refractivity contribution < 1.29 is 38.4 Å². The summed E-state index contributed by atoms with van der Waals surface area (Å²) in [7, 11) is 5.55. The largest absolute Gasteiger partial charge is 0.458 e. The highest BCUT2D eigenvalue weighted by Gasteiger charge is 2.60. The predicted molar refractivity (Wildman–Crippen MR) is 198 cm³/mol. The Kier molecular flexibility index (Phi) is 12.5. The Morgan fingerprint density at radius 1 is 1.12 bits per heavy atom. The van der Waals surface area contributed by atoms with Gasteiger partial charge in [-0.2, -0.15) is 0 Å². The Balaban J connectivity index is 1.48. The summed E-state index contributed by atoms with van der Waals surface area (Å²) in [4.78, 5) is 36.4. The fraction of sp³-hybridized carbons (Fsp3) is 0.865. The molecule has 5 heterocycles. The zero-order valence-electron chi connectivity index (χ0n) is 33.4. The monoisotopic (exact) mass is 730 g/mol. The van der Waals surface area contributed by atoms with Crippen LogP contribution in [-0.4, -0.2) is 143 Å². The number of likely N-dealkylation sites (N-methyl/N-ethyl adjacent to an activating group) is 1. The number of fused-ring (bicyclic) bond motifs is 1. The number of esters is 1. The number of amides is 1. The molecule has 292 valence electrons. The molecule has 0 radical (unpaired) electrons. The minimum Gasteiger partial charge on any atom is -0.458 e. The van der Waals surface area contributed by atoms with E-state index >= 15 is 0 Å². The van der Waals surface area contributed by atoms with Crippen LogP contribution in [0.5, 0.6) is 0 Å². The van der Waals surface area contributed by atoms with Gasteiger partial charge in [0.05, 0.1) is 42.0 Å². The van der Waals surface area contributed by atoms with Crippen molar-refractivity contribution in [3.05, 3.63) is 11.9 Å². The van der Waals surface area contributed by atoms with E-state index < -0.39 is 47.8 Å². The number of hydrogen-bond acceptors (Lipinski definition) is 12. The zero-order valence-corrected chi connectivity index (χ0v) is 33.4. The molecular weight excluding hydrogens is 667 g/mol. The van der Waals surface area contributed by atoms with Gasteiger partial charge in [-0.1, -0.05) is 46.8 Å². The highest BCUT2D eigenvalue weighted by Crippen LogP contribution is 2.45. The summed E-state index contributed by atoms with van der Waals surface area (Å²) in [5.74, 6) is -1.57. The molecule has 3 saturated heterocycles. The molecule has 14 nitrogen and oxygen atoms in total. The standard InChI is InChI=1S/C37H63BN6O8/c1-12-28-37(9)31-25(7)29(39-14-16-43(31)35(47)52-37)20(2)18-36(8,48-11)32(23(5)22(4)24(6)33(46)50-28)51-34-30(45)27(17-21(3)49-34)42(10)15-13-26-19-44(38)41-40-26/h19-25,27-28,30-32,34,45H,12-18,38H2,1-11H3/t20-,21-,22+,23+,24-,25-,27?,28-,30-,31-,32-,34-,36-,37-/m1/s1. The van der Waals surface area contributed by atoms with Crippen molar-refractivity contribution in [3.8, 4) is 0 Å². The first-order chi connectivity index (χ1) is 24.4. The molecule has 4 aliphatic rings. The Labute approximate surface area is 310 Å². The van der Waals surface area contributed by atoms with Crippen molar-refractivity contribution in [2.75, 3.05) is 33.8 Å². The molecule has 14 atom stereocenters. The molecule has 15 heteroatoms. The SMILES string of the molecule is Bn1cc(CCN(C)C2C[C@@H](C)O[C@H](O[C@@H]3[C@@H](C)[C@H](C)[C@@H](C)C(=O)O[C@H](CC)[C@@]4(C)OC(=O)N5CCN=C([C@H](C)C[C@@]3(C)OC)[C@@H](C)[C@@H]54)[C@@H]2O)nn1. The Hall–Kier alpha value is -2.59. The third-order valence-electron chi connectivity index (χ3n) is 12.9. The van der Waals surface area contributed by atoms with Gasteiger partial charge in [0, 0.05) is 50.5 Å². The summed E-state index contributed by atoms with van der Waals surface area (Å²) >= 11 is 0. The van der Waals surface area contributed by atoms with Gasteiger partial charge in [-0.05, 0) is 64.8 Å². The number of aliphatic hydroxyl groups is 1. The highest BCUT2D eigenvalue weighted by molar-refractivity contribution is 6.05. The molecule has 5 rings (SSSR count). The van der Waals surface area contributed by atoms with E-state index in [0.29, 0.717) is 45.3 Å². The number of aromatic nitrogens is 3. The third kappa shape index (κ3) is 7.80. The molecule has 0 saturated carbocycles. The van der Waals surface area contributed by atoms with Crippen LogP contribution in [0.15, 0.2) is 11.2 Å². The van der Waals surface area contributed by atoms with Crippen LogP contribution in [0.1, 0.15) is 87.3 Å². The number of cyclic esters (lactones) is 1. The Morgan fingerprint density at radius 3 is 2.46 bits per heavy atom. The summed E-state index contributed by atoms with van der Waals surface area (Å²) in [5.41, 5.74) is -0.0779. The number of aliphatic hydroxyl groups excluding tert-OH is 1. The van der Waals surface area contributed by atoms with Crippen molar-refractivity contribution >= 4 is 25.8 Å². The number of methoxy groups -OCH3 is 1. The van der Waals surface area contributed by atoms with Crippen LogP contribution in [0.2, 0.25) is 0 Å². The Morgan fingerprint density at radius 2 is 1.83 bits per heavy atom. The van der Waals surface area contributed by atoms with Crippen molar-refractivity contribution in [2.45, 2.75) is 142 Å². The maximum atomic E-state index is 14.0. The lowest BCUT2D eigenvalue weighted by Crippen LogP contribution is -2.60. The minimum atomic E-state index is -1.05. The normalized spacial score (nSPS) is 41.9. The van der Waals surface area contributed by atoms with Crippen molar-refractivity contribution in [3.63, 3.8) is 0 Å². The van der Waals surface area contributed by atoms with Gasteiger partial charge in [-0.25, -0.2) is 4.79 Å². The average Bonchev–Trinajstić information content (AvgIpc) is 3.57. The molecule has 4 aliphatic heterocycles. The maximum Gasteiger partial charge on any atom is 0.410 e. The number of carbonyl (C=O) groups excluding carboxylic acids is 2. The van der Waals surface area contributed by atoms with E-state index in [1.165, 1.54) is 0 Å². The molecule has 1 aromatic rings. The van der Waals surface area contributed by atoms with Crippen molar-refractivity contribution in [1.82, 2.24) is 24.7 Å². The molecule has 1 aromatic heterocycles. The van der Waals surface area contributed by atoms with E-state index in [-0.39, 0.29) is 47.8 Å². The molecule has 0 spiro atoms. The fourth-order valence-electron chi connectivity index (χ4n) is 9.52. The molecule has 1 unspecified atom stereocenters. The van der Waals surface area contributed by atoms with Crippen molar-refractivity contribution in [2.24, 2.45) is 34.6 Å². The second-order valence-corrected chi connectivity index (χ2v) is 16.5. The molecule has 52 heavy (non-hydrogen) atoms. The van der Waals surface area contributed by atoms with Gasteiger partial charge >= 0.3 is 12.1 Å². The van der Waals surface area contributed by atoms with E-state index in [9.17, 15) is 14.7 Å². The van der Waals surface area contributed by atoms with Gasteiger partial charge in [0.25, 0.3) is 7.98 Å². The van der Waals surface area contributed by atoms with E-state index in [4.69, 9.17) is 28.7 Å². The van der Waals surface area contributed by atoms with Gasteiger partial charge in [0.15, 0.2) is 11.9 Å². The van der Waals surface area contributed by atoms with Gasteiger partial charge in [0.1, 0.15) is 12.2 Å². The van der Waals surface area contributed by atoms with Gasteiger partial charge < -0.3 is 38.3 Å². The quantitative estimate of drug-likeness (QED) is 0.311. The number of nitrogens with zero attached hydrogens (tertiary/aromatic N) is 6. The van der Waals surface area contributed by atoms with E-state index in [1.807, 2.05) is 62.8 Å². The molecule has 2 bridgehead atoms. The third-order valence-corrected chi connectivity index (χ3v) is 12.9. The summed E-state index contributed by atoms with van der Waals surface area (Å²) in [6.07, 6.45) is 0.574. The van der Waals surface area contributed by atoms with Crippen LogP contribution in [0, 0.1) is 29.6 Å². The highest BCUT2D eigenvalue weighted by atomic mass is 16.7. The van der Waals surface area contributed by atoms with Crippen molar-refractivity contribution in [1.29, 1.82) is 0 Å². The van der Waals surface area contributed by atoms with Crippen LogP contribution in [-0.2, 0) is 34.9 Å². The van der Waals surface area contributed by atoms with E-state index in [0.717, 1.165) is 11.4 Å². The first kappa shape index (κ1) is 40.6. The van der Waals surface area contributed by atoms with E-state index in [1.54, 1.807) is 16.6 Å². The summed E-state index contributed by atoms with van der Waals surface area (Å²) < 4.78 is 34.0. The molecule has 1 N–H and O–H groups in total. The number of ether oxygens (including phenoxy) is 5. The summed E-state index contributed by atoms with van der Waals surface area (Å²) in [6.45, 7) is 19.7. The second kappa shape index (κ2) is 16.0. The molecule has 0 aromatic carbocycles. The Bertz CT molecular complexity index is 1450. The predicted octanol–water partition coefficient (Wildman–Crippen LogP) is 2.74. The number of hydrogen-bond donors (Lipinski definition) is 1. The molecule has 1 amide bonds. The number of carbonyl (C=O) groups is 2.